The minimum atomic E-state index is -0.202. The van der Waals surface area contributed by atoms with Gasteiger partial charge in [0.15, 0.2) is 0 Å². The Morgan fingerprint density at radius 3 is 2.89 bits per heavy atom. The van der Waals surface area contributed by atoms with E-state index in [4.69, 9.17) is 0 Å². The van der Waals surface area contributed by atoms with Gasteiger partial charge in [-0.2, -0.15) is 0 Å². The second kappa shape index (κ2) is 6.50. The van der Waals surface area contributed by atoms with E-state index in [2.05, 4.69) is 10.6 Å². The van der Waals surface area contributed by atoms with Crippen LogP contribution in [0, 0.1) is 5.82 Å². The summed E-state index contributed by atoms with van der Waals surface area (Å²) in [5, 5.41) is 6.27. The van der Waals surface area contributed by atoms with Crippen molar-refractivity contribution in [1.29, 1.82) is 0 Å². The van der Waals surface area contributed by atoms with Gasteiger partial charge in [0.2, 0.25) is 5.91 Å². The minimum Gasteiger partial charge on any atom is -0.356 e. The molecule has 2 rings (SSSR count). The molecule has 0 radical (unpaired) electrons. The molecule has 18 heavy (non-hydrogen) atoms. The van der Waals surface area contributed by atoms with Crippen LogP contribution < -0.4 is 10.6 Å². The first-order valence-corrected chi connectivity index (χ1v) is 6.48. The molecular formula is C14H19FN2O. The highest BCUT2D eigenvalue weighted by Gasteiger charge is 2.16. The van der Waals surface area contributed by atoms with Gasteiger partial charge in [0.1, 0.15) is 5.82 Å². The van der Waals surface area contributed by atoms with Crippen LogP contribution in [-0.2, 0) is 11.2 Å². The molecule has 1 aliphatic heterocycles. The number of halogens is 1. The molecule has 0 spiro atoms. The average Bonchev–Trinajstić information content (AvgIpc) is 2.56. The maximum atomic E-state index is 12.7. The first-order chi connectivity index (χ1) is 8.74. The van der Waals surface area contributed by atoms with Crippen LogP contribution in [0.2, 0.25) is 0 Å². The lowest BCUT2D eigenvalue weighted by atomic mass is 10.1. The van der Waals surface area contributed by atoms with E-state index < -0.39 is 0 Å². The van der Waals surface area contributed by atoms with E-state index in [0.29, 0.717) is 6.42 Å². The van der Waals surface area contributed by atoms with Gasteiger partial charge < -0.3 is 10.6 Å². The summed E-state index contributed by atoms with van der Waals surface area (Å²) in [7, 11) is 0. The number of benzene rings is 1. The second-order valence-corrected chi connectivity index (χ2v) is 4.72. The molecule has 3 nitrogen and oxygen atoms in total. The third-order valence-corrected chi connectivity index (χ3v) is 3.24. The minimum absolute atomic E-state index is 0.131. The molecule has 1 aliphatic rings. The SMILES string of the molecule is O=C1CC(NCCc2ccc(F)cc2)CCCN1. The molecule has 98 valence electrons. The Bertz CT molecular complexity index is 391. The predicted octanol–water partition coefficient (Wildman–Crippen LogP) is 1.63. The molecule has 1 unspecified atom stereocenters. The number of amides is 1. The summed E-state index contributed by atoms with van der Waals surface area (Å²) in [6, 6.07) is 6.84. The molecule has 1 fully saturated rings. The van der Waals surface area contributed by atoms with Crippen LogP contribution in [0.25, 0.3) is 0 Å². The largest absolute Gasteiger partial charge is 0.356 e. The highest BCUT2D eigenvalue weighted by Crippen LogP contribution is 2.07. The first kappa shape index (κ1) is 13.0. The van der Waals surface area contributed by atoms with Crippen molar-refractivity contribution < 1.29 is 9.18 Å². The maximum Gasteiger partial charge on any atom is 0.221 e. The number of hydrogen-bond acceptors (Lipinski definition) is 2. The fraction of sp³-hybridized carbons (Fsp3) is 0.500. The maximum absolute atomic E-state index is 12.7. The summed E-state index contributed by atoms with van der Waals surface area (Å²) in [6.07, 6.45) is 3.48. The second-order valence-electron chi connectivity index (χ2n) is 4.72. The monoisotopic (exact) mass is 250 g/mol. The lowest BCUT2D eigenvalue weighted by Gasteiger charge is -2.14. The fourth-order valence-corrected chi connectivity index (χ4v) is 2.22. The third-order valence-electron chi connectivity index (χ3n) is 3.24. The molecule has 2 N–H and O–H groups in total. The number of nitrogens with one attached hydrogen (secondary N) is 2. The van der Waals surface area contributed by atoms with Crippen LogP contribution in [0.15, 0.2) is 24.3 Å². The van der Waals surface area contributed by atoms with Crippen molar-refractivity contribution in [1.82, 2.24) is 10.6 Å². The van der Waals surface area contributed by atoms with Crippen LogP contribution in [0.4, 0.5) is 4.39 Å². The lowest BCUT2D eigenvalue weighted by Crippen LogP contribution is -2.33. The zero-order valence-corrected chi connectivity index (χ0v) is 10.4. The molecule has 1 saturated heterocycles. The van der Waals surface area contributed by atoms with Crippen molar-refractivity contribution in [2.45, 2.75) is 31.7 Å². The van der Waals surface area contributed by atoms with Gasteiger partial charge in [-0.05, 0) is 43.5 Å². The number of hydrogen-bond donors (Lipinski definition) is 2. The fourth-order valence-electron chi connectivity index (χ4n) is 2.22. The summed E-state index contributed by atoms with van der Waals surface area (Å²) in [4.78, 5) is 11.4. The van der Waals surface area contributed by atoms with E-state index in [1.165, 1.54) is 12.1 Å². The van der Waals surface area contributed by atoms with Crippen molar-refractivity contribution in [2.75, 3.05) is 13.1 Å². The molecule has 1 atom stereocenters. The van der Waals surface area contributed by atoms with Crippen LogP contribution in [0.5, 0.6) is 0 Å². The Labute approximate surface area is 107 Å². The van der Waals surface area contributed by atoms with Gasteiger partial charge in [-0.15, -0.1) is 0 Å². The average molecular weight is 250 g/mol. The van der Waals surface area contributed by atoms with Gasteiger partial charge in [0.05, 0.1) is 0 Å². The third kappa shape index (κ3) is 4.11. The Morgan fingerprint density at radius 2 is 2.11 bits per heavy atom. The Morgan fingerprint density at radius 1 is 1.33 bits per heavy atom. The zero-order chi connectivity index (χ0) is 12.8. The molecule has 0 bridgehead atoms. The molecule has 1 aromatic carbocycles. The molecule has 1 amide bonds. The van der Waals surface area contributed by atoms with E-state index in [9.17, 15) is 9.18 Å². The lowest BCUT2D eigenvalue weighted by molar-refractivity contribution is -0.121. The summed E-state index contributed by atoms with van der Waals surface area (Å²) in [6.45, 7) is 1.61. The summed E-state index contributed by atoms with van der Waals surface area (Å²) in [5.74, 6) is -0.0704. The Kier molecular flexibility index (Phi) is 4.70. The van der Waals surface area contributed by atoms with Crippen LogP contribution in [0.1, 0.15) is 24.8 Å². The molecule has 1 heterocycles. The van der Waals surface area contributed by atoms with Crippen molar-refractivity contribution >= 4 is 5.91 Å². The van der Waals surface area contributed by atoms with E-state index in [1.807, 2.05) is 0 Å². The molecule has 0 aliphatic carbocycles. The Balaban J connectivity index is 1.74. The van der Waals surface area contributed by atoms with E-state index in [-0.39, 0.29) is 17.8 Å². The van der Waals surface area contributed by atoms with Crippen molar-refractivity contribution in [3.05, 3.63) is 35.6 Å². The van der Waals surface area contributed by atoms with Crippen LogP contribution in [-0.4, -0.2) is 25.0 Å². The van der Waals surface area contributed by atoms with Gasteiger partial charge >= 0.3 is 0 Å². The van der Waals surface area contributed by atoms with Crippen molar-refractivity contribution in [2.24, 2.45) is 0 Å². The molecular weight excluding hydrogens is 231 g/mol. The smallest absolute Gasteiger partial charge is 0.221 e. The Hall–Kier alpha value is -1.42. The quantitative estimate of drug-likeness (QED) is 0.852. The van der Waals surface area contributed by atoms with E-state index in [1.54, 1.807) is 12.1 Å². The van der Waals surface area contributed by atoms with Gasteiger partial charge in [-0.3, -0.25) is 4.79 Å². The first-order valence-electron chi connectivity index (χ1n) is 6.48. The van der Waals surface area contributed by atoms with E-state index in [0.717, 1.165) is 37.9 Å². The van der Waals surface area contributed by atoms with Crippen molar-refractivity contribution in [3.8, 4) is 0 Å². The summed E-state index contributed by atoms with van der Waals surface area (Å²) in [5.41, 5.74) is 1.11. The van der Waals surface area contributed by atoms with Crippen LogP contribution >= 0.6 is 0 Å². The van der Waals surface area contributed by atoms with Gasteiger partial charge in [0.25, 0.3) is 0 Å². The molecule has 4 heteroatoms. The van der Waals surface area contributed by atoms with Crippen LogP contribution in [0.3, 0.4) is 0 Å². The summed E-state index contributed by atoms with van der Waals surface area (Å²) >= 11 is 0. The van der Waals surface area contributed by atoms with Gasteiger partial charge in [-0.1, -0.05) is 12.1 Å². The number of carbonyl (C=O) groups excluding carboxylic acids is 1. The number of rotatable bonds is 4. The number of carbonyl (C=O) groups is 1. The van der Waals surface area contributed by atoms with Gasteiger partial charge in [-0.25, -0.2) is 4.39 Å². The molecule has 0 saturated carbocycles. The molecule has 1 aromatic rings. The standard InChI is InChI=1S/C14H19FN2O/c15-12-5-3-11(4-6-12)7-9-16-13-2-1-8-17-14(18)10-13/h3-6,13,16H,1-2,7-10H2,(H,17,18). The highest BCUT2D eigenvalue weighted by atomic mass is 19.1. The molecule has 0 aromatic heterocycles. The van der Waals surface area contributed by atoms with E-state index >= 15 is 0 Å². The van der Waals surface area contributed by atoms with Gasteiger partial charge in [0, 0.05) is 19.0 Å². The predicted molar refractivity (Wildman–Crippen MR) is 68.8 cm³/mol. The zero-order valence-electron chi connectivity index (χ0n) is 10.4. The summed E-state index contributed by atoms with van der Waals surface area (Å²) < 4.78 is 12.7. The highest BCUT2D eigenvalue weighted by molar-refractivity contribution is 5.76. The van der Waals surface area contributed by atoms with Crippen molar-refractivity contribution in [3.63, 3.8) is 0 Å². The normalized spacial score (nSPS) is 20.3. The topological polar surface area (TPSA) is 41.1 Å².